The molecule has 0 N–H and O–H groups in total. The molecule has 0 aromatic heterocycles. The molecule has 0 aromatic rings. The predicted octanol–water partition coefficient (Wildman–Crippen LogP) is 4.49. The smallest absolute Gasteiger partial charge is 0.00313 e. The van der Waals surface area contributed by atoms with Crippen LogP contribution in [0.2, 0.25) is 0 Å². The van der Waals surface area contributed by atoms with Crippen molar-refractivity contribution >= 4 is 15.9 Å². The van der Waals surface area contributed by atoms with Gasteiger partial charge < -0.3 is 0 Å². The molecule has 0 spiro atoms. The zero-order valence-corrected chi connectivity index (χ0v) is 9.48. The van der Waals surface area contributed by atoms with Gasteiger partial charge in [0.15, 0.2) is 0 Å². The third-order valence-corrected chi connectivity index (χ3v) is 2.57. The van der Waals surface area contributed by atoms with Crippen LogP contribution in [-0.2, 0) is 0 Å². The van der Waals surface area contributed by atoms with E-state index in [-0.39, 0.29) is 0 Å². The Balaban J connectivity index is 2.77. The fraction of sp³-hybridized carbons (Fsp3) is 0.818. The largest absolute Gasteiger partial charge is 0.0928 e. The first-order valence-corrected chi connectivity index (χ1v) is 6.13. The summed E-state index contributed by atoms with van der Waals surface area (Å²) in [7, 11) is 0. The summed E-state index contributed by atoms with van der Waals surface area (Å²) in [6.07, 6.45) is 12.4. The van der Waals surface area contributed by atoms with E-state index in [1.54, 1.807) is 6.08 Å². The Morgan fingerprint density at radius 3 is 1.83 bits per heavy atom. The van der Waals surface area contributed by atoms with Crippen molar-refractivity contribution in [3.63, 3.8) is 0 Å². The summed E-state index contributed by atoms with van der Waals surface area (Å²) in [6.45, 7) is 5.28. The van der Waals surface area contributed by atoms with Gasteiger partial charge >= 0.3 is 0 Å². The van der Waals surface area contributed by atoms with Gasteiger partial charge in [0, 0.05) is 5.33 Å². The van der Waals surface area contributed by atoms with Gasteiger partial charge in [-0.1, -0.05) is 60.7 Å². The van der Waals surface area contributed by atoms with E-state index in [0.29, 0.717) is 0 Å². The molecule has 0 aromatic carbocycles. The third-order valence-electron chi connectivity index (χ3n) is 2.00. The first-order valence-electron chi connectivity index (χ1n) is 5.01. The van der Waals surface area contributed by atoms with Crippen LogP contribution >= 0.6 is 15.9 Å². The molecule has 0 aliphatic carbocycles. The monoisotopic (exact) mass is 231 g/mol. The molecule has 0 saturated heterocycles. The molecule has 0 bridgehead atoms. The second-order valence-corrected chi connectivity index (χ2v) is 3.98. The molecule has 0 amide bonds. The number of unbranched alkanes of at least 4 members (excludes halogenated alkanes) is 7. The maximum atomic E-state index is 5.28. The van der Waals surface area contributed by atoms with E-state index >= 15 is 0 Å². The van der Waals surface area contributed by atoms with Crippen LogP contribution in [0.25, 0.3) is 0 Å². The molecule has 0 fully saturated rings. The quantitative estimate of drug-likeness (QED) is 0.406. The second-order valence-electron chi connectivity index (χ2n) is 3.19. The number of hydrogen-bond acceptors (Lipinski definition) is 0. The Morgan fingerprint density at radius 2 is 1.33 bits per heavy atom. The van der Waals surface area contributed by atoms with Gasteiger partial charge in [0.25, 0.3) is 0 Å². The summed E-state index contributed by atoms with van der Waals surface area (Å²) >= 11 is 3.43. The van der Waals surface area contributed by atoms with Crippen molar-refractivity contribution in [2.24, 2.45) is 0 Å². The van der Waals surface area contributed by atoms with Crippen LogP contribution in [0.1, 0.15) is 51.4 Å². The maximum Gasteiger partial charge on any atom is 0.00313 e. The van der Waals surface area contributed by atoms with Crippen molar-refractivity contribution in [2.75, 3.05) is 5.33 Å². The van der Waals surface area contributed by atoms with E-state index in [4.69, 9.17) is 6.58 Å². The lowest BCUT2D eigenvalue weighted by atomic mass is 10.1. The van der Waals surface area contributed by atoms with Crippen LogP contribution in [0.15, 0.2) is 6.08 Å². The zero-order chi connectivity index (χ0) is 9.07. The van der Waals surface area contributed by atoms with E-state index in [9.17, 15) is 0 Å². The predicted molar refractivity (Wildman–Crippen MR) is 59.6 cm³/mol. The van der Waals surface area contributed by atoms with Crippen LogP contribution in [0.3, 0.4) is 0 Å². The van der Waals surface area contributed by atoms with Gasteiger partial charge in [-0.3, -0.25) is 0 Å². The number of hydrogen-bond donors (Lipinski definition) is 0. The van der Waals surface area contributed by atoms with E-state index in [1.165, 1.54) is 44.9 Å². The maximum absolute atomic E-state index is 5.28. The number of allylic oxidation sites excluding steroid dienone is 1. The zero-order valence-electron chi connectivity index (χ0n) is 7.90. The molecule has 0 unspecified atom stereocenters. The Hall–Kier alpha value is 0.220. The van der Waals surface area contributed by atoms with E-state index in [1.807, 2.05) is 0 Å². The highest BCUT2D eigenvalue weighted by atomic mass is 79.9. The van der Waals surface area contributed by atoms with Gasteiger partial charge in [-0.15, -0.1) is 0 Å². The minimum absolute atomic E-state index is 1.08. The fourth-order valence-electron chi connectivity index (χ4n) is 1.24. The first-order chi connectivity index (χ1) is 5.91. The van der Waals surface area contributed by atoms with E-state index in [0.717, 1.165) is 11.8 Å². The van der Waals surface area contributed by atoms with Gasteiger partial charge in [-0.2, -0.15) is 0 Å². The molecule has 1 radical (unpaired) electrons. The Labute approximate surface area is 85.6 Å². The van der Waals surface area contributed by atoms with Crippen molar-refractivity contribution in [3.05, 3.63) is 12.7 Å². The lowest BCUT2D eigenvalue weighted by Crippen LogP contribution is -1.80. The highest BCUT2D eigenvalue weighted by molar-refractivity contribution is 9.09. The molecule has 71 valence electrons. The van der Waals surface area contributed by atoms with Crippen LogP contribution in [0, 0.1) is 6.58 Å². The van der Waals surface area contributed by atoms with Crippen LogP contribution < -0.4 is 0 Å². The SMILES string of the molecule is [CH]=CCCCCCCCCCBr. The molecule has 0 aliphatic rings. The molecule has 0 heterocycles. The standard InChI is InChI=1S/C11H20Br/c1-2-3-4-5-6-7-8-9-10-11-12/h1-2H,3-11H2. The lowest BCUT2D eigenvalue weighted by Gasteiger charge is -1.98. The molecule has 12 heavy (non-hydrogen) atoms. The summed E-state index contributed by atoms with van der Waals surface area (Å²) < 4.78 is 0. The number of rotatable bonds is 9. The first kappa shape index (κ1) is 12.2. The fourth-order valence-corrected chi connectivity index (χ4v) is 1.64. The minimum Gasteiger partial charge on any atom is -0.0928 e. The average Bonchev–Trinajstić information content (AvgIpc) is 2.10. The van der Waals surface area contributed by atoms with Crippen molar-refractivity contribution < 1.29 is 0 Å². The molecule has 0 atom stereocenters. The molecule has 0 nitrogen and oxygen atoms in total. The van der Waals surface area contributed by atoms with Crippen molar-refractivity contribution in [2.45, 2.75) is 51.4 Å². The Morgan fingerprint density at radius 1 is 0.833 bits per heavy atom. The molecular formula is C11H20Br. The highest BCUT2D eigenvalue weighted by Gasteiger charge is 1.89. The van der Waals surface area contributed by atoms with Gasteiger partial charge in [-0.05, 0) is 19.3 Å². The van der Waals surface area contributed by atoms with E-state index in [2.05, 4.69) is 15.9 Å². The van der Waals surface area contributed by atoms with Crippen LogP contribution in [0.5, 0.6) is 0 Å². The van der Waals surface area contributed by atoms with Crippen molar-refractivity contribution in [1.82, 2.24) is 0 Å². The van der Waals surface area contributed by atoms with Crippen molar-refractivity contribution in [3.8, 4) is 0 Å². The third kappa shape index (κ3) is 10.2. The lowest BCUT2D eigenvalue weighted by molar-refractivity contribution is 0.594. The highest BCUT2D eigenvalue weighted by Crippen LogP contribution is 2.09. The van der Waals surface area contributed by atoms with Gasteiger partial charge in [-0.25, -0.2) is 0 Å². The molecular weight excluding hydrogens is 212 g/mol. The minimum atomic E-state index is 1.08. The van der Waals surface area contributed by atoms with E-state index < -0.39 is 0 Å². The summed E-state index contributed by atoms with van der Waals surface area (Å²) in [4.78, 5) is 0. The number of halogens is 1. The molecule has 0 rings (SSSR count). The van der Waals surface area contributed by atoms with Gasteiger partial charge in [0.1, 0.15) is 0 Å². The summed E-state index contributed by atoms with van der Waals surface area (Å²) in [6, 6.07) is 0. The number of alkyl halides is 1. The topological polar surface area (TPSA) is 0 Å². The van der Waals surface area contributed by atoms with Crippen molar-refractivity contribution in [1.29, 1.82) is 0 Å². The molecule has 0 saturated carbocycles. The second kappa shape index (κ2) is 11.2. The Kier molecular flexibility index (Phi) is 11.4. The van der Waals surface area contributed by atoms with Crippen LogP contribution in [-0.4, -0.2) is 5.33 Å². The molecule has 0 aliphatic heterocycles. The average molecular weight is 232 g/mol. The molecule has 1 heteroatoms. The Bertz CT molecular complexity index is 89.0. The van der Waals surface area contributed by atoms with Crippen LogP contribution in [0.4, 0.5) is 0 Å². The summed E-state index contributed by atoms with van der Waals surface area (Å²) in [5, 5.41) is 1.16. The summed E-state index contributed by atoms with van der Waals surface area (Å²) in [5.41, 5.74) is 0. The normalized spacial score (nSPS) is 10.1. The van der Waals surface area contributed by atoms with Gasteiger partial charge in [0.2, 0.25) is 0 Å². The van der Waals surface area contributed by atoms with Gasteiger partial charge in [0.05, 0.1) is 0 Å². The summed E-state index contributed by atoms with van der Waals surface area (Å²) in [5.74, 6) is 0.